The van der Waals surface area contributed by atoms with E-state index in [2.05, 4.69) is 0 Å². The lowest BCUT2D eigenvalue weighted by molar-refractivity contribution is -0.148. The van der Waals surface area contributed by atoms with Crippen LogP contribution >= 0.6 is 0 Å². The first-order valence-electron chi connectivity index (χ1n) is 5.78. The van der Waals surface area contributed by atoms with Crippen molar-refractivity contribution in [3.8, 4) is 0 Å². The van der Waals surface area contributed by atoms with Gasteiger partial charge in [0, 0.05) is 12.3 Å². The molecule has 1 rings (SSSR count). The van der Waals surface area contributed by atoms with E-state index in [1.54, 1.807) is 0 Å². The van der Waals surface area contributed by atoms with E-state index < -0.39 is 11.9 Å². The lowest BCUT2D eigenvalue weighted by atomic mass is 9.75. The van der Waals surface area contributed by atoms with Crippen molar-refractivity contribution in [1.82, 2.24) is 0 Å². The molecule has 0 heterocycles. The second-order valence-electron chi connectivity index (χ2n) is 4.90. The molecule has 1 aliphatic rings. The van der Waals surface area contributed by atoms with Crippen LogP contribution < -0.4 is 0 Å². The van der Waals surface area contributed by atoms with Crippen LogP contribution in [0.2, 0.25) is 0 Å². The van der Waals surface area contributed by atoms with Gasteiger partial charge in [-0.05, 0) is 18.8 Å². The fourth-order valence-corrected chi connectivity index (χ4v) is 2.37. The molecule has 0 spiro atoms. The molecule has 0 radical (unpaired) electrons. The van der Waals surface area contributed by atoms with Crippen molar-refractivity contribution >= 4 is 11.8 Å². The van der Waals surface area contributed by atoms with Crippen LogP contribution in [-0.4, -0.2) is 16.9 Å². The first-order valence-corrected chi connectivity index (χ1v) is 5.78. The van der Waals surface area contributed by atoms with Gasteiger partial charge >= 0.3 is 5.97 Å². The summed E-state index contributed by atoms with van der Waals surface area (Å²) >= 11 is 0. The molecule has 3 nitrogen and oxygen atoms in total. The maximum Gasteiger partial charge on any atom is 0.307 e. The van der Waals surface area contributed by atoms with Gasteiger partial charge in [-0.3, -0.25) is 9.59 Å². The first-order chi connectivity index (χ1) is 7.02. The molecular weight excluding hydrogens is 192 g/mol. The average molecular weight is 212 g/mol. The number of rotatable bonds is 4. The number of ketones is 1. The molecular formula is C12H20O3. The Balaban J connectivity index is 2.63. The van der Waals surface area contributed by atoms with E-state index in [1.165, 1.54) is 0 Å². The molecule has 2 atom stereocenters. The SMILES string of the molecule is CC(C)CC(=O)[C@H]1CCCC[C@@H]1C(=O)O. The average Bonchev–Trinajstić information content (AvgIpc) is 2.16. The lowest BCUT2D eigenvalue weighted by Crippen LogP contribution is -2.33. The molecule has 0 amide bonds. The maximum atomic E-state index is 11.9. The summed E-state index contributed by atoms with van der Waals surface area (Å²) in [4.78, 5) is 22.9. The predicted octanol–water partition coefficient (Wildman–Crippen LogP) is 2.49. The zero-order valence-electron chi connectivity index (χ0n) is 9.53. The van der Waals surface area contributed by atoms with Crippen LogP contribution in [0.5, 0.6) is 0 Å². The number of hydrogen-bond donors (Lipinski definition) is 1. The Hall–Kier alpha value is -0.860. The monoisotopic (exact) mass is 212 g/mol. The highest BCUT2D eigenvalue weighted by molar-refractivity contribution is 5.86. The van der Waals surface area contributed by atoms with Gasteiger partial charge in [0.1, 0.15) is 5.78 Å². The van der Waals surface area contributed by atoms with E-state index in [4.69, 9.17) is 5.11 Å². The molecule has 86 valence electrons. The number of carbonyl (C=O) groups excluding carboxylic acids is 1. The third-order valence-corrected chi connectivity index (χ3v) is 3.11. The molecule has 0 aromatic carbocycles. The van der Waals surface area contributed by atoms with Gasteiger partial charge in [0.15, 0.2) is 0 Å². The van der Waals surface area contributed by atoms with Crippen LogP contribution in [0.3, 0.4) is 0 Å². The Labute approximate surface area is 90.9 Å². The molecule has 1 fully saturated rings. The fraction of sp³-hybridized carbons (Fsp3) is 0.833. The summed E-state index contributed by atoms with van der Waals surface area (Å²) in [5.74, 6) is -0.966. The quantitative estimate of drug-likeness (QED) is 0.779. The minimum Gasteiger partial charge on any atom is -0.481 e. The highest BCUT2D eigenvalue weighted by Gasteiger charge is 2.35. The summed E-state index contributed by atoms with van der Waals surface area (Å²) < 4.78 is 0. The number of hydrogen-bond acceptors (Lipinski definition) is 2. The van der Waals surface area contributed by atoms with Crippen LogP contribution in [0.4, 0.5) is 0 Å². The molecule has 0 saturated heterocycles. The topological polar surface area (TPSA) is 54.4 Å². The van der Waals surface area contributed by atoms with E-state index in [-0.39, 0.29) is 11.7 Å². The number of carbonyl (C=O) groups is 2. The van der Waals surface area contributed by atoms with Crippen LogP contribution in [0, 0.1) is 17.8 Å². The standard InChI is InChI=1S/C12H20O3/c1-8(2)7-11(13)9-5-3-4-6-10(9)12(14)15/h8-10H,3-7H2,1-2H3,(H,14,15)/t9-,10-/m0/s1. The second-order valence-corrected chi connectivity index (χ2v) is 4.90. The Morgan fingerprint density at radius 1 is 1.20 bits per heavy atom. The van der Waals surface area contributed by atoms with Crippen LogP contribution in [0.1, 0.15) is 46.0 Å². The van der Waals surface area contributed by atoms with Gasteiger partial charge in [0.2, 0.25) is 0 Å². The molecule has 0 aromatic heterocycles. The van der Waals surface area contributed by atoms with Gasteiger partial charge in [-0.25, -0.2) is 0 Å². The highest BCUT2D eigenvalue weighted by Crippen LogP contribution is 2.32. The molecule has 1 N–H and O–H groups in total. The Kier molecular flexibility index (Phi) is 4.30. The third-order valence-electron chi connectivity index (χ3n) is 3.11. The minimum atomic E-state index is -0.795. The van der Waals surface area contributed by atoms with Gasteiger partial charge in [-0.2, -0.15) is 0 Å². The number of aliphatic carboxylic acids is 1. The zero-order valence-corrected chi connectivity index (χ0v) is 9.53. The number of Topliss-reactive ketones (excluding diaryl/α,β-unsaturated/α-hetero) is 1. The van der Waals surface area contributed by atoms with Crippen molar-refractivity contribution in [2.45, 2.75) is 46.0 Å². The van der Waals surface area contributed by atoms with E-state index in [0.717, 1.165) is 19.3 Å². The van der Waals surface area contributed by atoms with E-state index in [9.17, 15) is 9.59 Å². The van der Waals surface area contributed by atoms with Crippen LogP contribution in [-0.2, 0) is 9.59 Å². The smallest absolute Gasteiger partial charge is 0.307 e. The lowest BCUT2D eigenvalue weighted by Gasteiger charge is -2.27. The number of carboxylic acids is 1. The van der Waals surface area contributed by atoms with Crippen molar-refractivity contribution in [2.24, 2.45) is 17.8 Å². The third kappa shape index (κ3) is 3.33. The molecule has 15 heavy (non-hydrogen) atoms. The molecule has 1 saturated carbocycles. The van der Waals surface area contributed by atoms with Crippen LogP contribution in [0.25, 0.3) is 0 Å². The molecule has 0 aliphatic heterocycles. The van der Waals surface area contributed by atoms with Crippen LogP contribution in [0.15, 0.2) is 0 Å². The minimum absolute atomic E-state index is 0.150. The summed E-state index contributed by atoms with van der Waals surface area (Å²) in [7, 11) is 0. The van der Waals surface area contributed by atoms with Gasteiger partial charge < -0.3 is 5.11 Å². The normalized spacial score (nSPS) is 26.6. The molecule has 3 heteroatoms. The molecule has 1 aliphatic carbocycles. The molecule has 0 unspecified atom stereocenters. The summed E-state index contributed by atoms with van der Waals surface area (Å²) in [6, 6.07) is 0. The highest BCUT2D eigenvalue weighted by atomic mass is 16.4. The maximum absolute atomic E-state index is 11.9. The van der Waals surface area contributed by atoms with Gasteiger partial charge in [-0.1, -0.05) is 26.7 Å². The summed E-state index contributed by atoms with van der Waals surface area (Å²) in [5, 5.41) is 9.04. The van der Waals surface area contributed by atoms with Crippen molar-refractivity contribution in [2.75, 3.05) is 0 Å². The van der Waals surface area contributed by atoms with Crippen molar-refractivity contribution < 1.29 is 14.7 Å². The Morgan fingerprint density at radius 3 is 2.20 bits per heavy atom. The van der Waals surface area contributed by atoms with E-state index in [0.29, 0.717) is 18.8 Å². The number of carboxylic acid groups (broad SMARTS) is 1. The first kappa shape index (κ1) is 12.2. The van der Waals surface area contributed by atoms with Crippen molar-refractivity contribution in [3.63, 3.8) is 0 Å². The van der Waals surface area contributed by atoms with Gasteiger partial charge in [-0.15, -0.1) is 0 Å². The summed E-state index contributed by atoms with van der Waals surface area (Å²) in [6.07, 6.45) is 3.90. The Morgan fingerprint density at radius 2 is 1.73 bits per heavy atom. The van der Waals surface area contributed by atoms with E-state index >= 15 is 0 Å². The Bertz CT molecular complexity index is 245. The fourth-order valence-electron chi connectivity index (χ4n) is 2.37. The van der Waals surface area contributed by atoms with Crippen molar-refractivity contribution in [1.29, 1.82) is 0 Å². The van der Waals surface area contributed by atoms with Crippen molar-refractivity contribution in [3.05, 3.63) is 0 Å². The molecule has 0 aromatic rings. The summed E-state index contributed by atoms with van der Waals surface area (Å²) in [6.45, 7) is 3.99. The molecule has 0 bridgehead atoms. The van der Waals surface area contributed by atoms with Gasteiger partial charge in [0.05, 0.1) is 5.92 Å². The summed E-state index contributed by atoms with van der Waals surface area (Å²) in [5.41, 5.74) is 0. The zero-order chi connectivity index (χ0) is 11.4. The van der Waals surface area contributed by atoms with E-state index in [1.807, 2.05) is 13.8 Å². The van der Waals surface area contributed by atoms with Gasteiger partial charge in [0.25, 0.3) is 0 Å². The largest absolute Gasteiger partial charge is 0.481 e. The second kappa shape index (κ2) is 5.29. The predicted molar refractivity (Wildman–Crippen MR) is 57.5 cm³/mol.